The Bertz CT molecular complexity index is 963. The Morgan fingerprint density at radius 2 is 2.08 bits per heavy atom. The van der Waals surface area contributed by atoms with Crippen LogP contribution in [0.1, 0.15) is 29.8 Å². The summed E-state index contributed by atoms with van der Waals surface area (Å²) in [6, 6.07) is 5.34. The van der Waals surface area contributed by atoms with Crippen LogP contribution >= 0.6 is 22.9 Å². The number of oxazole rings is 1. The van der Waals surface area contributed by atoms with Gasteiger partial charge in [-0.05, 0) is 31.0 Å². The van der Waals surface area contributed by atoms with E-state index in [2.05, 4.69) is 20.6 Å². The third-order valence-electron chi connectivity index (χ3n) is 4.01. The zero-order chi connectivity index (χ0) is 17.4. The van der Waals surface area contributed by atoms with E-state index < -0.39 is 5.91 Å². The zero-order valence-electron chi connectivity index (χ0n) is 12.9. The van der Waals surface area contributed by atoms with Crippen LogP contribution in [-0.2, 0) is 4.79 Å². The molecule has 3 aromatic rings. The topological polar surface area (TPSA) is 97.1 Å². The molecule has 0 saturated heterocycles. The maximum absolute atomic E-state index is 12.3. The first-order valence-corrected chi connectivity index (χ1v) is 8.92. The van der Waals surface area contributed by atoms with Gasteiger partial charge in [0.2, 0.25) is 5.91 Å². The number of carbonyl (C=O) groups is 2. The molecule has 4 rings (SSSR count). The second-order valence-electron chi connectivity index (χ2n) is 5.74. The van der Waals surface area contributed by atoms with Crippen LogP contribution in [0, 0.1) is 5.92 Å². The van der Waals surface area contributed by atoms with Crippen LogP contribution in [0.5, 0.6) is 0 Å². The van der Waals surface area contributed by atoms with Crippen molar-refractivity contribution in [2.24, 2.45) is 5.92 Å². The molecule has 0 unspecified atom stereocenters. The Hall–Kier alpha value is -2.45. The van der Waals surface area contributed by atoms with E-state index in [0.717, 1.165) is 29.5 Å². The Balaban J connectivity index is 1.44. The number of anilines is 2. The summed E-state index contributed by atoms with van der Waals surface area (Å²) >= 11 is 7.26. The number of hydrogen-bond donors (Lipinski definition) is 2. The molecule has 2 aromatic heterocycles. The standard InChI is InChI=1S/C16H13ClN4O3S/c17-9-4-5-10-12(6-9)25-16(19-10)21-14(23)11-7-24-15(18-11)20-13(22)8-2-1-3-8/h4-8H,1-3H2,(H,18,20,22)(H,19,21,23). The van der Waals surface area contributed by atoms with E-state index in [1.54, 1.807) is 18.2 Å². The minimum atomic E-state index is -0.460. The molecule has 1 aliphatic rings. The van der Waals surface area contributed by atoms with Crippen LogP contribution in [0.25, 0.3) is 10.2 Å². The van der Waals surface area contributed by atoms with Crippen LogP contribution in [0.3, 0.4) is 0 Å². The summed E-state index contributed by atoms with van der Waals surface area (Å²) in [6.45, 7) is 0. The average Bonchev–Trinajstić information content (AvgIpc) is 3.11. The molecule has 0 radical (unpaired) electrons. The summed E-state index contributed by atoms with van der Waals surface area (Å²) in [5.41, 5.74) is 0.819. The predicted molar refractivity (Wildman–Crippen MR) is 95.1 cm³/mol. The van der Waals surface area contributed by atoms with E-state index in [1.165, 1.54) is 17.6 Å². The maximum Gasteiger partial charge on any atom is 0.302 e. The SMILES string of the molecule is O=C(Nc1nc2ccc(Cl)cc2s1)c1coc(NC(=O)C2CCC2)n1. The van der Waals surface area contributed by atoms with Gasteiger partial charge in [0, 0.05) is 10.9 Å². The Kier molecular flexibility index (Phi) is 4.14. The average molecular weight is 377 g/mol. The quantitative estimate of drug-likeness (QED) is 0.719. The minimum Gasteiger partial charge on any atom is -0.431 e. The molecule has 1 aliphatic carbocycles. The summed E-state index contributed by atoms with van der Waals surface area (Å²) < 4.78 is 6.02. The molecule has 128 valence electrons. The molecule has 2 amide bonds. The lowest BCUT2D eigenvalue weighted by Crippen LogP contribution is -2.28. The molecule has 2 heterocycles. The van der Waals surface area contributed by atoms with E-state index in [1.807, 2.05) is 0 Å². The van der Waals surface area contributed by atoms with E-state index in [9.17, 15) is 9.59 Å². The molecule has 1 fully saturated rings. The number of halogens is 1. The molecular formula is C16H13ClN4O3S. The van der Waals surface area contributed by atoms with Gasteiger partial charge in [-0.1, -0.05) is 29.4 Å². The zero-order valence-corrected chi connectivity index (χ0v) is 14.5. The molecule has 0 bridgehead atoms. The number of aromatic nitrogens is 2. The minimum absolute atomic E-state index is 0.0127. The summed E-state index contributed by atoms with van der Waals surface area (Å²) in [5, 5.41) is 6.30. The van der Waals surface area contributed by atoms with Gasteiger partial charge in [-0.3, -0.25) is 20.2 Å². The summed E-state index contributed by atoms with van der Waals surface area (Å²) in [7, 11) is 0. The Labute approximate surface area is 151 Å². The number of benzene rings is 1. The molecule has 9 heteroatoms. The van der Waals surface area contributed by atoms with Crippen LogP contribution in [0.2, 0.25) is 5.02 Å². The van der Waals surface area contributed by atoms with Crippen molar-refractivity contribution in [1.29, 1.82) is 0 Å². The van der Waals surface area contributed by atoms with Crippen LogP contribution < -0.4 is 10.6 Å². The summed E-state index contributed by atoms with van der Waals surface area (Å²) in [6.07, 6.45) is 4.02. The van der Waals surface area contributed by atoms with E-state index in [-0.39, 0.29) is 23.5 Å². The van der Waals surface area contributed by atoms with Gasteiger partial charge >= 0.3 is 6.01 Å². The first kappa shape index (κ1) is 16.0. The molecular weight excluding hydrogens is 364 g/mol. The van der Waals surface area contributed by atoms with E-state index >= 15 is 0 Å². The molecule has 7 nitrogen and oxygen atoms in total. The lowest BCUT2D eigenvalue weighted by Gasteiger charge is -2.22. The van der Waals surface area contributed by atoms with Crippen LogP contribution in [0.4, 0.5) is 11.1 Å². The highest BCUT2D eigenvalue weighted by atomic mass is 35.5. The van der Waals surface area contributed by atoms with Gasteiger partial charge in [-0.2, -0.15) is 4.98 Å². The first-order chi connectivity index (χ1) is 12.1. The highest BCUT2D eigenvalue weighted by Gasteiger charge is 2.26. The van der Waals surface area contributed by atoms with Gasteiger partial charge in [-0.25, -0.2) is 4.98 Å². The number of amides is 2. The van der Waals surface area contributed by atoms with E-state index in [4.69, 9.17) is 16.0 Å². The molecule has 0 spiro atoms. The lowest BCUT2D eigenvalue weighted by molar-refractivity contribution is -0.122. The van der Waals surface area contributed by atoms with Crippen molar-refractivity contribution in [2.75, 3.05) is 10.6 Å². The first-order valence-electron chi connectivity index (χ1n) is 7.72. The molecule has 1 aromatic carbocycles. The number of thiazole rings is 1. The normalized spacial score (nSPS) is 14.3. The van der Waals surface area contributed by atoms with Crippen molar-refractivity contribution < 1.29 is 14.0 Å². The van der Waals surface area contributed by atoms with Gasteiger partial charge in [-0.15, -0.1) is 0 Å². The third-order valence-corrected chi connectivity index (χ3v) is 5.18. The monoisotopic (exact) mass is 376 g/mol. The van der Waals surface area contributed by atoms with Gasteiger partial charge in [0.15, 0.2) is 10.8 Å². The van der Waals surface area contributed by atoms with Gasteiger partial charge < -0.3 is 4.42 Å². The van der Waals surface area contributed by atoms with Crippen molar-refractivity contribution >= 4 is 56.1 Å². The molecule has 0 atom stereocenters. The van der Waals surface area contributed by atoms with Crippen LogP contribution in [-0.4, -0.2) is 21.8 Å². The second kappa shape index (κ2) is 6.45. The molecule has 0 aliphatic heterocycles. The molecule has 1 saturated carbocycles. The maximum atomic E-state index is 12.3. The third kappa shape index (κ3) is 3.35. The van der Waals surface area contributed by atoms with Gasteiger partial charge in [0.05, 0.1) is 10.2 Å². The highest BCUT2D eigenvalue weighted by Crippen LogP contribution is 2.29. The number of carbonyl (C=O) groups excluding carboxylic acids is 2. The van der Waals surface area contributed by atoms with Crippen molar-refractivity contribution in [3.05, 3.63) is 35.2 Å². The Morgan fingerprint density at radius 1 is 1.24 bits per heavy atom. The molecule has 25 heavy (non-hydrogen) atoms. The fraction of sp³-hybridized carbons (Fsp3) is 0.250. The lowest BCUT2D eigenvalue weighted by atomic mass is 9.85. The number of fused-ring (bicyclic) bond motifs is 1. The highest BCUT2D eigenvalue weighted by molar-refractivity contribution is 7.22. The van der Waals surface area contributed by atoms with Gasteiger partial charge in [0.1, 0.15) is 6.26 Å². The fourth-order valence-electron chi connectivity index (χ4n) is 2.43. The number of hydrogen-bond acceptors (Lipinski definition) is 6. The fourth-order valence-corrected chi connectivity index (χ4v) is 3.56. The number of rotatable bonds is 4. The predicted octanol–water partition coefficient (Wildman–Crippen LogP) is 3.93. The number of nitrogens with one attached hydrogen (secondary N) is 2. The van der Waals surface area contributed by atoms with Gasteiger partial charge in [0.25, 0.3) is 5.91 Å². The second-order valence-corrected chi connectivity index (χ2v) is 7.21. The Morgan fingerprint density at radius 3 is 2.84 bits per heavy atom. The number of nitrogens with zero attached hydrogens (tertiary/aromatic N) is 2. The molecule has 2 N–H and O–H groups in total. The van der Waals surface area contributed by atoms with Crippen molar-refractivity contribution in [2.45, 2.75) is 19.3 Å². The summed E-state index contributed by atoms with van der Waals surface area (Å²) in [5.74, 6) is -0.570. The summed E-state index contributed by atoms with van der Waals surface area (Å²) in [4.78, 5) is 32.4. The van der Waals surface area contributed by atoms with Crippen molar-refractivity contribution in [3.8, 4) is 0 Å². The smallest absolute Gasteiger partial charge is 0.302 e. The van der Waals surface area contributed by atoms with Crippen molar-refractivity contribution in [3.63, 3.8) is 0 Å². The van der Waals surface area contributed by atoms with Crippen molar-refractivity contribution in [1.82, 2.24) is 9.97 Å². The van der Waals surface area contributed by atoms with E-state index in [0.29, 0.717) is 10.2 Å². The largest absolute Gasteiger partial charge is 0.431 e. The van der Waals surface area contributed by atoms with Crippen LogP contribution in [0.15, 0.2) is 28.9 Å².